The molecule has 0 saturated heterocycles. The number of ether oxygens (including phenoxy) is 1. The lowest BCUT2D eigenvalue weighted by Gasteiger charge is -2.09. The molecular formula is C14H15F2N3O2S. The zero-order valence-corrected chi connectivity index (χ0v) is 13.1. The largest absolute Gasteiger partial charge is 0.491 e. The van der Waals surface area contributed by atoms with E-state index in [-0.39, 0.29) is 11.2 Å². The van der Waals surface area contributed by atoms with Crippen molar-refractivity contribution in [3.05, 3.63) is 34.8 Å². The number of carbonyl (C=O) groups is 1. The third-order valence-electron chi connectivity index (χ3n) is 2.51. The summed E-state index contributed by atoms with van der Waals surface area (Å²) in [5, 5.41) is 8.93. The number of alkyl halides is 2. The number of carbonyl (C=O) groups excluding carboxylic acids is 1. The molecule has 0 fully saturated rings. The van der Waals surface area contributed by atoms with Crippen LogP contribution in [0.15, 0.2) is 24.3 Å². The highest BCUT2D eigenvalue weighted by Gasteiger charge is 2.29. The third kappa shape index (κ3) is 4.20. The van der Waals surface area contributed by atoms with Crippen LogP contribution in [0, 0.1) is 0 Å². The number of hydrogen-bond donors (Lipinski definition) is 1. The highest BCUT2D eigenvalue weighted by atomic mass is 32.1. The first kappa shape index (κ1) is 16.3. The molecule has 1 aromatic heterocycles. The molecule has 0 radical (unpaired) electrons. The molecule has 2 rings (SSSR count). The number of anilines is 1. The van der Waals surface area contributed by atoms with Gasteiger partial charge >= 0.3 is 0 Å². The summed E-state index contributed by atoms with van der Waals surface area (Å²) < 4.78 is 31.6. The predicted molar refractivity (Wildman–Crippen MR) is 79.6 cm³/mol. The second-order valence-electron chi connectivity index (χ2n) is 4.95. The van der Waals surface area contributed by atoms with E-state index in [0.29, 0.717) is 22.6 Å². The summed E-state index contributed by atoms with van der Waals surface area (Å²) in [4.78, 5) is 12.0. The van der Waals surface area contributed by atoms with Crippen molar-refractivity contribution in [2.75, 3.05) is 5.32 Å². The van der Waals surface area contributed by atoms with Gasteiger partial charge in [-0.1, -0.05) is 11.3 Å². The van der Waals surface area contributed by atoms with Gasteiger partial charge < -0.3 is 4.74 Å². The number of nitrogens with zero attached hydrogens (tertiary/aromatic N) is 2. The van der Waals surface area contributed by atoms with Crippen molar-refractivity contribution in [1.82, 2.24) is 10.2 Å². The first-order valence-corrected chi connectivity index (χ1v) is 7.37. The normalized spacial score (nSPS) is 11.5. The predicted octanol–water partition coefficient (Wildman–Crippen LogP) is 3.69. The summed E-state index contributed by atoms with van der Waals surface area (Å²) in [5.41, 5.74) is 0.371. The van der Waals surface area contributed by atoms with Gasteiger partial charge in [0.1, 0.15) is 5.75 Å². The number of aromatic nitrogens is 2. The van der Waals surface area contributed by atoms with Crippen LogP contribution in [0.25, 0.3) is 0 Å². The van der Waals surface area contributed by atoms with E-state index < -0.39 is 16.8 Å². The number of amides is 1. The molecule has 0 saturated carbocycles. The van der Waals surface area contributed by atoms with Crippen LogP contribution in [-0.2, 0) is 5.92 Å². The van der Waals surface area contributed by atoms with Gasteiger partial charge in [-0.15, -0.1) is 10.2 Å². The molecular weight excluding hydrogens is 312 g/mol. The van der Waals surface area contributed by atoms with E-state index in [2.05, 4.69) is 15.5 Å². The van der Waals surface area contributed by atoms with Crippen molar-refractivity contribution in [2.45, 2.75) is 32.8 Å². The fourth-order valence-corrected chi connectivity index (χ4v) is 2.25. The molecule has 0 unspecified atom stereocenters. The van der Waals surface area contributed by atoms with E-state index in [4.69, 9.17) is 4.74 Å². The van der Waals surface area contributed by atoms with Crippen LogP contribution in [0.5, 0.6) is 5.75 Å². The van der Waals surface area contributed by atoms with Gasteiger partial charge in [-0.05, 0) is 38.1 Å². The maximum atomic E-state index is 13.1. The molecule has 0 aliphatic carbocycles. The van der Waals surface area contributed by atoms with Gasteiger partial charge in [0.15, 0.2) is 5.01 Å². The topological polar surface area (TPSA) is 64.1 Å². The molecule has 22 heavy (non-hydrogen) atoms. The van der Waals surface area contributed by atoms with Crippen LogP contribution >= 0.6 is 11.3 Å². The fourth-order valence-electron chi connectivity index (χ4n) is 1.58. The molecule has 1 aromatic carbocycles. The molecule has 0 atom stereocenters. The fraction of sp³-hybridized carbons (Fsp3) is 0.357. The lowest BCUT2D eigenvalue weighted by molar-refractivity contribution is 0.0165. The van der Waals surface area contributed by atoms with E-state index in [1.54, 1.807) is 24.3 Å². The molecule has 1 heterocycles. The number of halogens is 2. The Labute approximate surface area is 130 Å². The summed E-state index contributed by atoms with van der Waals surface area (Å²) >= 11 is 0.646. The minimum Gasteiger partial charge on any atom is -0.491 e. The van der Waals surface area contributed by atoms with E-state index in [9.17, 15) is 13.6 Å². The van der Waals surface area contributed by atoms with Crippen molar-refractivity contribution in [1.29, 1.82) is 0 Å². The van der Waals surface area contributed by atoms with Crippen LogP contribution in [-0.4, -0.2) is 22.2 Å². The monoisotopic (exact) mass is 327 g/mol. The highest BCUT2D eigenvalue weighted by molar-refractivity contribution is 7.15. The Kier molecular flexibility index (Phi) is 4.70. The first-order valence-electron chi connectivity index (χ1n) is 6.55. The Morgan fingerprint density at radius 3 is 2.41 bits per heavy atom. The molecule has 0 aliphatic rings. The maximum absolute atomic E-state index is 13.1. The van der Waals surface area contributed by atoms with Gasteiger partial charge in [-0.2, -0.15) is 8.78 Å². The number of rotatable bonds is 5. The van der Waals surface area contributed by atoms with Crippen LogP contribution in [0.3, 0.4) is 0 Å². The summed E-state index contributed by atoms with van der Waals surface area (Å²) in [6.45, 7) is 4.53. The quantitative estimate of drug-likeness (QED) is 0.909. The molecule has 118 valence electrons. The Hall–Kier alpha value is -2.09. The van der Waals surface area contributed by atoms with Crippen molar-refractivity contribution in [2.24, 2.45) is 0 Å². The second-order valence-corrected chi connectivity index (χ2v) is 5.92. The second kappa shape index (κ2) is 6.35. The smallest absolute Gasteiger partial charge is 0.298 e. The van der Waals surface area contributed by atoms with Gasteiger partial charge in [-0.3, -0.25) is 10.1 Å². The molecule has 5 nitrogen and oxygen atoms in total. The molecule has 1 N–H and O–H groups in total. The molecule has 0 spiro atoms. The van der Waals surface area contributed by atoms with Crippen molar-refractivity contribution in [3.8, 4) is 5.75 Å². The SMILES string of the molecule is CC(C)Oc1ccc(C(=O)Nc2nnc(C(C)(F)F)s2)cc1. The summed E-state index contributed by atoms with van der Waals surface area (Å²) in [7, 11) is 0. The number of hydrogen-bond acceptors (Lipinski definition) is 5. The Bertz CT molecular complexity index is 651. The molecule has 8 heteroatoms. The van der Waals surface area contributed by atoms with Gasteiger partial charge in [-0.25, -0.2) is 0 Å². The number of nitrogens with one attached hydrogen (secondary N) is 1. The Balaban J connectivity index is 2.04. The summed E-state index contributed by atoms with van der Waals surface area (Å²) in [6.07, 6.45) is 0.0372. The van der Waals surface area contributed by atoms with Gasteiger partial charge in [0.25, 0.3) is 11.8 Å². The van der Waals surface area contributed by atoms with Crippen molar-refractivity contribution >= 4 is 22.4 Å². The van der Waals surface area contributed by atoms with E-state index in [0.717, 1.165) is 6.92 Å². The summed E-state index contributed by atoms with van der Waals surface area (Å²) in [6, 6.07) is 6.51. The van der Waals surface area contributed by atoms with Gasteiger partial charge in [0, 0.05) is 12.5 Å². The highest BCUT2D eigenvalue weighted by Crippen LogP contribution is 2.31. The summed E-state index contributed by atoms with van der Waals surface area (Å²) in [5.74, 6) is -2.87. The molecule has 0 bridgehead atoms. The van der Waals surface area contributed by atoms with E-state index in [1.165, 1.54) is 0 Å². The molecule has 2 aromatic rings. The van der Waals surface area contributed by atoms with Crippen molar-refractivity contribution in [3.63, 3.8) is 0 Å². The maximum Gasteiger partial charge on any atom is 0.298 e. The van der Waals surface area contributed by atoms with Crippen LogP contribution in [0.1, 0.15) is 36.1 Å². The molecule has 1 amide bonds. The zero-order chi connectivity index (χ0) is 16.3. The first-order chi connectivity index (χ1) is 10.3. The lowest BCUT2D eigenvalue weighted by Crippen LogP contribution is -2.12. The van der Waals surface area contributed by atoms with Gasteiger partial charge in [0.2, 0.25) is 5.13 Å². The average molecular weight is 327 g/mol. The van der Waals surface area contributed by atoms with Crippen LogP contribution in [0.2, 0.25) is 0 Å². The third-order valence-corrected chi connectivity index (χ3v) is 3.52. The zero-order valence-electron chi connectivity index (χ0n) is 12.3. The molecule has 0 aliphatic heterocycles. The van der Waals surface area contributed by atoms with Crippen LogP contribution in [0.4, 0.5) is 13.9 Å². The average Bonchev–Trinajstić information content (AvgIpc) is 2.87. The minimum absolute atomic E-state index is 0.0315. The minimum atomic E-state index is -3.07. The Morgan fingerprint density at radius 1 is 1.27 bits per heavy atom. The number of benzene rings is 1. The van der Waals surface area contributed by atoms with Crippen molar-refractivity contribution < 1.29 is 18.3 Å². The van der Waals surface area contributed by atoms with Gasteiger partial charge in [0.05, 0.1) is 6.10 Å². The lowest BCUT2D eigenvalue weighted by atomic mass is 10.2. The van der Waals surface area contributed by atoms with E-state index >= 15 is 0 Å². The van der Waals surface area contributed by atoms with E-state index in [1.807, 2.05) is 13.8 Å². The Morgan fingerprint density at radius 2 is 1.91 bits per heavy atom. The van der Waals surface area contributed by atoms with Crippen LogP contribution < -0.4 is 10.1 Å². The standard InChI is InChI=1S/C14H15F2N3O2S/c1-8(2)21-10-6-4-9(5-7-10)11(20)17-13-19-18-12(22-13)14(3,15)16/h4-8H,1-3H3,(H,17,19,20).